The van der Waals surface area contributed by atoms with E-state index in [0.717, 1.165) is 18.5 Å². The molecule has 94 valence electrons. The lowest BCUT2D eigenvalue weighted by atomic mass is 10.0. The second-order valence-corrected chi connectivity index (χ2v) is 4.03. The smallest absolute Gasteiger partial charge is 0.253 e. The van der Waals surface area contributed by atoms with E-state index < -0.39 is 6.10 Å². The fraction of sp³-hybridized carbons (Fsp3) is 0.500. The molecule has 1 atom stereocenters. The predicted molar refractivity (Wildman–Crippen MR) is 70.3 cm³/mol. The van der Waals surface area contributed by atoms with Crippen molar-refractivity contribution in [2.45, 2.75) is 39.7 Å². The van der Waals surface area contributed by atoms with Gasteiger partial charge in [0.05, 0.1) is 0 Å². The molecule has 1 N–H and O–H groups in total. The highest BCUT2D eigenvalue weighted by Gasteiger charge is 2.14. The van der Waals surface area contributed by atoms with Crippen molar-refractivity contribution in [3.05, 3.63) is 29.3 Å². The summed E-state index contributed by atoms with van der Waals surface area (Å²) in [6.07, 6.45) is 1.39. The first-order valence-corrected chi connectivity index (χ1v) is 6.08. The molecule has 0 saturated carbocycles. The van der Waals surface area contributed by atoms with Crippen LogP contribution in [0.3, 0.4) is 0 Å². The lowest BCUT2D eigenvalue weighted by molar-refractivity contribution is -0.124. The number of aryl methyl sites for hydroxylation is 2. The van der Waals surface area contributed by atoms with Crippen molar-refractivity contribution in [2.75, 3.05) is 12.4 Å². The van der Waals surface area contributed by atoms with Gasteiger partial charge in [0.2, 0.25) is 0 Å². The maximum atomic E-state index is 11.8. The highest BCUT2D eigenvalue weighted by Crippen LogP contribution is 2.22. The van der Waals surface area contributed by atoms with Gasteiger partial charge in [-0.15, -0.1) is 0 Å². The molecule has 1 amide bonds. The maximum absolute atomic E-state index is 11.8. The molecule has 0 aliphatic carbocycles. The molecule has 0 aliphatic rings. The molecule has 0 spiro atoms. The number of amides is 1. The lowest BCUT2D eigenvalue weighted by Gasteiger charge is -2.16. The third-order valence-electron chi connectivity index (χ3n) is 2.97. The number of hydrogen-bond acceptors (Lipinski definition) is 2. The Balaban J connectivity index is 2.99. The van der Waals surface area contributed by atoms with Crippen LogP contribution in [-0.2, 0) is 22.4 Å². The molecule has 1 unspecified atom stereocenters. The number of ether oxygens (including phenoxy) is 1. The fourth-order valence-electron chi connectivity index (χ4n) is 1.73. The molecular weight excluding hydrogens is 214 g/mol. The van der Waals surface area contributed by atoms with E-state index in [1.807, 2.05) is 18.2 Å². The van der Waals surface area contributed by atoms with Crippen LogP contribution in [0.5, 0.6) is 0 Å². The molecule has 0 fully saturated rings. The Kier molecular flexibility index (Phi) is 5.16. The highest BCUT2D eigenvalue weighted by atomic mass is 16.5. The Bertz CT molecular complexity index is 366. The molecule has 1 aromatic rings. The van der Waals surface area contributed by atoms with E-state index in [1.54, 1.807) is 6.92 Å². The molecule has 0 saturated heterocycles. The first kappa shape index (κ1) is 13.7. The van der Waals surface area contributed by atoms with Crippen molar-refractivity contribution in [2.24, 2.45) is 0 Å². The Morgan fingerprint density at radius 1 is 1.29 bits per heavy atom. The van der Waals surface area contributed by atoms with Gasteiger partial charge < -0.3 is 10.1 Å². The SMILES string of the molecule is CCc1cccc(CC)c1NC(=O)C(C)OC. The van der Waals surface area contributed by atoms with Crippen molar-refractivity contribution >= 4 is 11.6 Å². The van der Waals surface area contributed by atoms with Crippen LogP contribution < -0.4 is 5.32 Å². The second kappa shape index (κ2) is 6.40. The van der Waals surface area contributed by atoms with Crippen LogP contribution >= 0.6 is 0 Å². The van der Waals surface area contributed by atoms with Gasteiger partial charge >= 0.3 is 0 Å². The van der Waals surface area contributed by atoms with Crippen LogP contribution in [0.2, 0.25) is 0 Å². The van der Waals surface area contributed by atoms with Crippen LogP contribution in [0, 0.1) is 0 Å². The molecular formula is C14H21NO2. The van der Waals surface area contributed by atoms with Crippen LogP contribution in [0.4, 0.5) is 5.69 Å². The fourth-order valence-corrected chi connectivity index (χ4v) is 1.73. The van der Waals surface area contributed by atoms with Gasteiger partial charge in [0.25, 0.3) is 5.91 Å². The minimum Gasteiger partial charge on any atom is -0.372 e. The molecule has 3 heteroatoms. The average molecular weight is 235 g/mol. The van der Waals surface area contributed by atoms with Crippen LogP contribution in [0.25, 0.3) is 0 Å². The van der Waals surface area contributed by atoms with Gasteiger partial charge in [0.15, 0.2) is 0 Å². The Morgan fingerprint density at radius 3 is 2.24 bits per heavy atom. The summed E-state index contributed by atoms with van der Waals surface area (Å²) in [6.45, 7) is 5.92. The Hall–Kier alpha value is -1.35. The third-order valence-corrected chi connectivity index (χ3v) is 2.97. The van der Waals surface area contributed by atoms with Gasteiger partial charge in [-0.25, -0.2) is 0 Å². The first-order valence-electron chi connectivity index (χ1n) is 6.08. The zero-order chi connectivity index (χ0) is 12.8. The van der Waals surface area contributed by atoms with Crippen molar-refractivity contribution in [1.29, 1.82) is 0 Å². The van der Waals surface area contributed by atoms with Crippen LogP contribution in [0.1, 0.15) is 31.9 Å². The zero-order valence-corrected chi connectivity index (χ0v) is 11.0. The number of methoxy groups -OCH3 is 1. The summed E-state index contributed by atoms with van der Waals surface area (Å²) in [5.74, 6) is -0.0944. The van der Waals surface area contributed by atoms with E-state index in [0.29, 0.717) is 0 Å². The molecule has 0 heterocycles. The number of rotatable bonds is 5. The molecule has 1 rings (SSSR count). The number of hydrogen-bond donors (Lipinski definition) is 1. The standard InChI is InChI=1S/C14H21NO2/c1-5-11-8-7-9-12(6-2)13(11)15-14(16)10(3)17-4/h7-10H,5-6H2,1-4H3,(H,15,16). The monoisotopic (exact) mass is 235 g/mol. The number of para-hydroxylation sites is 1. The predicted octanol–water partition coefficient (Wildman–Crippen LogP) is 2.78. The summed E-state index contributed by atoms with van der Waals surface area (Å²) in [5, 5.41) is 2.97. The molecule has 0 bridgehead atoms. The van der Waals surface area contributed by atoms with Gasteiger partial charge in [0.1, 0.15) is 6.10 Å². The molecule has 0 aromatic heterocycles. The summed E-state index contributed by atoms with van der Waals surface area (Å²) >= 11 is 0. The van der Waals surface area contributed by atoms with E-state index >= 15 is 0 Å². The molecule has 3 nitrogen and oxygen atoms in total. The number of benzene rings is 1. The van der Waals surface area contributed by atoms with Gasteiger partial charge in [-0.3, -0.25) is 4.79 Å². The van der Waals surface area contributed by atoms with Gasteiger partial charge in [-0.2, -0.15) is 0 Å². The van der Waals surface area contributed by atoms with Crippen molar-refractivity contribution in [1.82, 2.24) is 0 Å². The summed E-state index contributed by atoms with van der Waals surface area (Å²) in [5.41, 5.74) is 3.29. The van der Waals surface area contributed by atoms with E-state index in [9.17, 15) is 4.79 Å². The normalized spacial score (nSPS) is 12.2. The van der Waals surface area contributed by atoms with E-state index in [4.69, 9.17) is 4.74 Å². The Labute approximate surface area is 103 Å². The van der Waals surface area contributed by atoms with Crippen LogP contribution in [0.15, 0.2) is 18.2 Å². The molecule has 0 aliphatic heterocycles. The number of carbonyl (C=O) groups excluding carboxylic acids is 1. The Morgan fingerprint density at radius 2 is 1.82 bits per heavy atom. The summed E-state index contributed by atoms with van der Waals surface area (Å²) in [7, 11) is 1.54. The largest absolute Gasteiger partial charge is 0.372 e. The number of nitrogens with one attached hydrogen (secondary N) is 1. The van der Waals surface area contributed by atoms with Crippen molar-refractivity contribution in [3.8, 4) is 0 Å². The summed E-state index contributed by atoms with van der Waals surface area (Å²) in [4.78, 5) is 11.8. The summed E-state index contributed by atoms with van der Waals surface area (Å²) < 4.78 is 5.02. The molecule has 1 aromatic carbocycles. The quantitative estimate of drug-likeness (QED) is 0.852. The van der Waals surface area contributed by atoms with E-state index in [1.165, 1.54) is 18.2 Å². The highest BCUT2D eigenvalue weighted by molar-refractivity contribution is 5.95. The van der Waals surface area contributed by atoms with Crippen LogP contribution in [-0.4, -0.2) is 19.1 Å². The minimum absolute atomic E-state index is 0.0944. The number of anilines is 1. The first-order chi connectivity index (χ1) is 8.13. The van der Waals surface area contributed by atoms with Crippen molar-refractivity contribution < 1.29 is 9.53 Å². The van der Waals surface area contributed by atoms with E-state index in [2.05, 4.69) is 19.2 Å². The summed E-state index contributed by atoms with van der Waals surface area (Å²) in [6, 6.07) is 6.13. The van der Waals surface area contributed by atoms with Gasteiger partial charge in [-0.1, -0.05) is 32.0 Å². The molecule has 0 radical (unpaired) electrons. The number of carbonyl (C=O) groups is 1. The second-order valence-electron chi connectivity index (χ2n) is 4.03. The third kappa shape index (κ3) is 3.30. The lowest BCUT2D eigenvalue weighted by Crippen LogP contribution is -2.27. The van der Waals surface area contributed by atoms with Gasteiger partial charge in [-0.05, 0) is 30.9 Å². The molecule has 17 heavy (non-hydrogen) atoms. The maximum Gasteiger partial charge on any atom is 0.253 e. The zero-order valence-electron chi connectivity index (χ0n) is 11.0. The average Bonchev–Trinajstić information content (AvgIpc) is 2.37. The minimum atomic E-state index is -0.426. The van der Waals surface area contributed by atoms with E-state index in [-0.39, 0.29) is 5.91 Å². The topological polar surface area (TPSA) is 38.3 Å². The van der Waals surface area contributed by atoms with Crippen molar-refractivity contribution in [3.63, 3.8) is 0 Å². The van der Waals surface area contributed by atoms with Gasteiger partial charge in [0, 0.05) is 12.8 Å².